The van der Waals surface area contributed by atoms with E-state index in [1.807, 2.05) is 0 Å². The second kappa shape index (κ2) is 19.8. The van der Waals surface area contributed by atoms with Crippen LogP contribution in [0, 0.1) is 0 Å². The SMILES string of the molecule is COCCOCCN(CC(=O)NC(CCCCN)C(=O)NCCC(=O)OC(C)(C)C)C(=O)COOC. The normalized spacial score (nSPS) is 12.1. The van der Waals surface area contributed by atoms with Gasteiger partial charge in [0.05, 0.1) is 39.9 Å². The van der Waals surface area contributed by atoms with E-state index >= 15 is 0 Å². The highest BCUT2D eigenvalue weighted by Gasteiger charge is 2.24. The molecule has 1 atom stereocenters. The molecule has 0 saturated carbocycles. The van der Waals surface area contributed by atoms with Crippen molar-refractivity contribution >= 4 is 23.7 Å². The number of hydrogen-bond acceptors (Lipinski definition) is 10. The van der Waals surface area contributed by atoms with E-state index in [0.29, 0.717) is 39.0 Å². The fourth-order valence-corrected chi connectivity index (χ4v) is 2.89. The highest BCUT2D eigenvalue weighted by atomic mass is 17.2. The second-order valence-corrected chi connectivity index (χ2v) is 8.88. The van der Waals surface area contributed by atoms with E-state index in [0.717, 1.165) is 0 Å². The van der Waals surface area contributed by atoms with E-state index in [1.54, 1.807) is 27.9 Å². The molecule has 13 nitrogen and oxygen atoms in total. The molecule has 0 saturated heterocycles. The van der Waals surface area contributed by atoms with Crippen LogP contribution in [0.2, 0.25) is 0 Å². The van der Waals surface area contributed by atoms with Crippen molar-refractivity contribution in [2.75, 3.05) is 66.8 Å². The molecule has 3 amide bonds. The van der Waals surface area contributed by atoms with Crippen LogP contribution in [0.15, 0.2) is 0 Å². The zero-order valence-electron chi connectivity index (χ0n) is 22.3. The second-order valence-electron chi connectivity index (χ2n) is 8.88. The molecule has 4 N–H and O–H groups in total. The molecule has 13 heteroatoms. The van der Waals surface area contributed by atoms with Gasteiger partial charge >= 0.3 is 5.97 Å². The molecule has 210 valence electrons. The van der Waals surface area contributed by atoms with Crippen LogP contribution in [-0.2, 0) is 43.2 Å². The van der Waals surface area contributed by atoms with Crippen molar-refractivity contribution in [3.8, 4) is 0 Å². The molecule has 0 aromatic carbocycles. The third-order valence-electron chi connectivity index (χ3n) is 4.57. The molecule has 0 fully saturated rings. The Morgan fingerprint density at radius 1 is 1.03 bits per heavy atom. The number of ether oxygens (including phenoxy) is 3. The molecule has 0 bridgehead atoms. The van der Waals surface area contributed by atoms with Gasteiger partial charge in [-0.15, -0.1) is 0 Å². The Labute approximate surface area is 213 Å². The third kappa shape index (κ3) is 18.0. The van der Waals surface area contributed by atoms with Crippen LogP contribution in [0.3, 0.4) is 0 Å². The highest BCUT2D eigenvalue weighted by molar-refractivity contribution is 5.90. The lowest BCUT2D eigenvalue weighted by atomic mass is 10.1. The summed E-state index contributed by atoms with van der Waals surface area (Å²) in [7, 11) is 2.81. The lowest BCUT2D eigenvalue weighted by molar-refractivity contribution is -0.269. The molecule has 0 aliphatic heterocycles. The van der Waals surface area contributed by atoms with E-state index in [2.05, 4.69) is 20.4 Å². The Bertz CT molecular complexity index is 656. The minimum absolute atomic E-state index is 0.00265. The molecule has 0 radical (unpaired) electrons. The van der Waals surface area contributed by atoms with Crippen molar-refractivity contribution in [1.29, 1.82) is 0 Å². The van der Waals surface area contributed by atoms with Gasteiger partial charge in [0.2, 0.25) is 11.8 Å². The maximum Gasteiger partial charge on any atom is 0.308 e. The van der Waals surface area contributed by atoms with Gasteiger partial charge in [-0.3, -0.25) is 19.2 Å². The van der Waals surface area contributed by atoms with E-state index in [-0.39, 0.29) is 39.3 Å². The first-order chi connectivity index (χ1) is 17.0. The Balaban J connectivity index is 4.98. The summed E-state index contributed by atoms with van der Waals surface area (Å²) in [6, 6.07) is -0.854. The summed E-state index contributed by atoms with van der Waals surface area (Å²) < 4.78 is 15.5. The summed E-state index contributed by atoms with van der Waals surface area (Å²) in [5.41, 5.74) is 4.93. The predicted octanol–water partition coefficient (Wildman–Crippen LogP) is -0.482. The summed E-state index contributed by atoms with van der Waals surface area (Å²) >= 11 is 0. The lowest BCUT2D eigenvalue weighted by Crippen LogP contribution is -2.51. The summed E-state index contributed by atoms with van der Waals surface area (Å²) in [6.45, 7) is 6.14. The molecule has 0 heterocycles. The van der Waals surface area contributed by atoms with Crippen LogP contribution >= 0.6 is 0 Å². The van der Waals surface area contributed by atoms with Gasteiger partial charge < -0.3 is 35.5 Å². The van der Waals surface area contributed by atoms with E-state index < -0.39 is 35.3 Å². The molecular formula is C23H44N4O9. The zero-order valence-corrected chi connectivity index (χ0v) is 22.3. The van der Waals surface area contributed by atoms with Crippen molar-refractivity contribution in [1.82, 2.24) is 15.5 Å². The fourth-order valence-electron chi connectivity index (χ4n) is 2.89. The largest absolute Gasteiger partial charge is 0.460 e. The molecule has 0 aliphatic rings. The summed E-state index contributed by atoms with van der Waals surface area (Å²) in [4.78, 5) is 60.1. The number of carbonyl (C=O) groups excluding carboxylic acids is 4. The van der Waals surface area contributed by atoms with Gasteiger partial charge in [0.1, 0.15) is 11.6 Å². The first kappa shape index (κ1) is 33.7. The van der Waals surface area contributed by atoms with Crippen LogP contribution in [-0.4, -0.2) is 107 Å². The third-order valence-corrected chi connectivity index (χ3v) is 4.57. The number of amides is 3. The summed E-state index contributed by atoms with van der Waals surface area (Å²) in [5.74, 6) is -1.89. The van der Waals surface area contributed by atoms with Crippen LogP contribution in [0.25, 0.3) is 0 Å². The quantitative estimate of drug-likeness (QED) is 0.0825. The zero-order chi connectivity index (χ0) is 27.4. The maximum atomic E-state index is 12.7. The first-order valence-electron chi connectivity index (χ1n) is 12.0. The number of hydrogen-bond donors (Lipinski definition) is 3. The van der Waals surface area contributed by atoms with Crippen molar-refractivity contribution in [2.24, 2.45) is 5.73 Å². The van der Waals surface area contributed by atoms with Gasteiger partial charge in [-0.05, 0) is 46.6 Å². The van der Waals surface area contributed by atoms with Crippen molar-refractivity contribution in [3.63, 3.8) is 0 Å². The van der Waals surface area contributed by atoms with E-state index in [1.165, 1.54) is 12.0 Å². The number of methoxy groups -OCH3 is 1. The van der Waals surface area contributed by atoms with Gasteiger partial charge in [-0.25, -0.2) is 9.78 Å². The van der Waals surface area contributed by atoms with Crippen LogP contribution in [0.5, 0.6) is 0 Å². The minimum Gasteiger partial charge on any atom is -0.460 e. The topological polar surface area (TPSA) is 168 Å². The first-order valence-corrected chi connectivity index (χ1v) is 12.0. The molecule has 36 heavy (non-hydrogen) atoms. The van der Waals surface area contributed by atoms with E-state index in [4.69, 9.17) is 19.9 Å². The van der Waals surface area contributed by atoms with E-state index in [9.17, 15) is 19.2 Å². The number of nitrogens with two attached hydrogens (primary N) is 1. The number of rotatable bonds is 20. The number of esters is 1. The Morgan fingerprint density at radius 3 is 2.36 bits per heavy atom. The fraction of sp³-hybridized carbons (Fsp3) is 0.826. The molecule has 0 aromatic heterocycles. The molecule has 0 aromatic rings. The average Bonchev–Trinajstić information content (AvgIpc) is 2.79. The van der Waals surface area contributed by atoms with Crippen LogP contribution in [0.4, 0.5) is 0 Å². The molecule has 0 aliphatic carbocycles. The standard InChI is InChI=1S/C23H44N4O9/c1-23(2,3)36-21(30)9-11-25-22(31)18(8-6-7-10-24)26-19(28)16-27(20(29)17-35-33-5)12-13-34-15-14-32-4/h18H,6-17,24H2,1-5H3,(H,25,31)(H,26,28). The maximum absolute atomic E-state index is 12.7. The van der Waals surface area contributed by atoms with Gasteiger partial charge in [0.15, 0.2) is 6.61 Å². The number of nitrogens with one attached hydrogen (secondary N) is 2. The Morgan fingerprint density at radius 2 is 1.75 bits per heavy atom. The number of unbranched alkanes of at least 4 members (excludes halogenated alkanes) is 1. The van der Waals surface area contributed by atoms with Crippen molar-refractivity contribution in [2.45, 2.75) is 58.1 Å². The molecule has 1 unspecified atom stereocenters. The van der Waals surface area contributed by atoms with Crippen molar-refractivity contribution < 1.29 is 43.2 Å². The van der Waals surface area contributed by atoms with Gasteiger partial charge in [0, 0.05) is 20.2 Å². The molecule has 0 spiro atoms. The van der Waals surface area contributed by atoms with Gasteiger partial charge in [-0.1, -0.05) is 0 Å². The number of carbonyl (C=O) groups is 4. The summed E-state index contributed by atoms with van der Waals surface area (Å²) in [5, 5.41) is 5.32. The van der Waals surface area contributed by atoms with Crippen LogP contribution in [0.1, 0.15) is 46.5 Å². The van der Waals surface area contributed by atoms with Gasteiger partial charge in [0.25, 0.3) is 5.91 Å². The lowest BCUT2D eigenvalue weighted by Gasteiger charge is -2.24. The van der Waals surface area contributed by atoms with Crippen molar-refractivity contribution in [3.05, 3.63) is 0 Å². The van der Waals surface area contributed by atoms with Crippen LogP contribution < -0.4 is 16.4 Å². The Kier molecular flexibility index (Phi) is 18.5. The minimum atomic E-state index is -0.854. The molecule has 0 rings (SSSR count). The Hall–Kier alpha value is -2.32. The summed E-state index contributed by atoms with van der Waals surface area (Å²) in [6.07, 6.45) is 1.63. The monoisotopic (exact) mass is 520 g/mol. The van der Waals surface area contributed by atoms with Gasteiger partial charge in [-0.2, -0.15) is 0 Å². The smallest absolute Gasteiger partial charge is 0.308 e. The number of nitrogens with zero attached hydrogens (tertiary/aromatic N) is 1. The highest BCUT2D eigenvalue weighted by Crippen LogP contribution is 2.08. The molecular weight excluding hydrogens is 476 g/mol. The predicted molar refractivity (Wildman–Crippen MR) is 131 cm³/mol. The average molecular weight is 521 g/mol.